The van der Waals surface area contributed by atoms with Crippen LogP contribution in [-0.4, -0.2) is 9.78 Å². The van der Waals surface area contributed by atoms with Crippen LogP contribution in [0, 0.1) is 35.5 Å². The Labute approximate surface area is 88.7 Å². The molecule has 0 aromatic carbocycles. The fourth-order valence-electron chi connectivity index (χ4n) is 2.18. The lowest BCUT2D eigenvalue weighted by Gasteiger charge is -2.43. The summed E-state index contributed by atoms with van der Waals surface area (Å²) in [7, 11) is 0. The fourth-order valence-corrected chi connectivity index (χ4v) is 2.18. The second-order valence-corrected chi connectivity index (χ2v) is 4.26. The third-order valence-corrected chi connectivity index (χ3v) is 3.04. The van der Waals surface area contributed by atoms with Crippen LogP contribution < -0.4 is 0 Å². The molecule has 4 nitrogen and oxygen atoms in total. The van der Waals surface area contributed by atoms with Gasteiger partial charge in [0.25, 0.3) is 0 Å². The minimum absolute atomic E-state index is 0.0860. The van der Waals surface area contributed by atoms with E-state index < -0.39 is 0 Å². The summed E-state index contributed by atoms with van der Waals surface area (Å²) in [6.45, 7) is 1.98. The Morgan fingerprint density at radius 3 is 2.80 bits per heavy atom. The van der Waals surface area contributed by atoms with Crippen molar-refractivity contribution in [2.45, 2.75) is 31.7 Å². The molecule has 0 radical (unpaired) electrons. The van der Waals surface area contributed by atoms with Crippen LogP contribution in [-0.2, 0) is 5.54 Å². The molecule has 2 rings (SSSR count). The molecular weight excluding hydrogens is 188 g/mol. The first-order chi connectivity index (χ1) is 7.20. The minimum Gasteiger partial charge on any atom is -0.265 e. The molecule has 1 fully saturated rings. The molecule has 4 heteroatoms. The molecule has 76 valence electrons. The van der Waals surface area contributed by atoms with Crippen LogP contribution >= 0.6 is 0 Å². The van der Waals surface area contributed by atoms with Gasteiger partial charge in [0.1, 0.15) is 0 Å². The minimum atomic E-state index is -0.219. The van der Waals surface area contributed by atoms with Gasteiger partial charge in [0, 0.05) is 6.20 Å². The van der Waals surface area contributed by atoms with E-state index in [0.717, 1.165) is 18.4 Å². The van der Waals surface area contributed by atoms with Gasteiger partial charge in [0.15, 0.2) is 0 Å². The first kappa shape index (κ1) is 9.73. The summed E-state index contributed by atoms with van der Waals surface area (Å²) in [4.78, 5) is 0. The third kappa shape index (κ3) is 1.49. The molecule has 0 amide bonds. The summed E-state index contributed by atoms with van der Waals surface area (Å²) in [5, 5.41) is 21.8. The average molecular weight is 200 g/mol. The number of aromatic nitrogens is 2. The number of rotatable bonds is 2. The van der Waals surface area contributed by atoms with Crippen molar-refractivity contribution in [3.8, 4) is 12.1 Å². The van der Waals surface area contributed by atoms with Gasteiger partial charge in [-0.25, -0.2) is 0 Å². The van der Waals surface area contributed by atoms with Gasteiger partial charge in [-0.05, 0) is 25.3 Å². The maximum atomic E-state index is 8.82. The first-order valence-corrected chi connectivity index (χ1v) is 4.98. The summed E-state index contributed by atoms with van der Waals surface area (Å²) in [5.41, 5.74) is 0.872. The SMILES string of the molecule is Cc1cnn([C@]2(CC#N)C[C@@H](C#N)C2)c1. The molecular formula is C11H12N4. The summed E-state index contributed by atoms with van der Waals surface area (Å²) in [6.07, 6.45) is 5.67. The lowest BCUT2D eigenvalue weighted by Crippen LogP contribution is -2.46. The maximum absolute atomic E-state index is 8.82. The van der Waals surface area contributed by atoms with Crippen molar-refractivity contribution in [2.75, 3.05) is 0 Å². The normalized spacial score (nSPS) is 28.9. The van der Waals surface area contributed by atoms with Crippen molar-refractivity contribution in [1.29, 1.82) is 10.5 Å². The molecule has 0 atom stereocenters. The Balaban J connectivity index is 2.24. The van der Waals surface area contributed by atoms with Crippen LogP contribution in [0.25, 0.3) is 0 Å². The molecule has 0 saturated heterocycles. The van der Waals surface area contributed by atoms with Gasteiger partial charge in [-0.3, -0.25) is 4.68 Å². The summed E-state index contributed by atoms with van der Waals surface area (Å²) in [5.74, 6) is 0.0860. The van der Waals surface area contributed by atoms with Crippen LogP contribution in [0.5, 0.6) is 0 Å². The Kier molecular flexibility index (Phi) is 2.21. The van der Waals surface area contributed by atoms with E-state index in [1.54, 1.807) is 6.20 Å². The predicted octanol–water partition coefficient (Wildman–Crippen LogP) is 1.73. The molecule has 1 aromatic heterocycles. The highest BCUT2D eigenvalue weighted by atomic mass is 15.3. The summed E-state index contributed by atoms with van der Waals surface area (Å²) >= 11 is 0. The van der Waals surface area contributed by atoms with Gasteiger partial charge >= 0.3 is 0 Å². The Morgan fingerprint density at radius 1 is 1.60 bits per heavy atom. The van der Waals surface area contributed by atoms with E-state index in [2.05, 4.69) is 17.2 Å². The number of nitrogens with zero attached hydrogens (tertiary/aromatic N) is 4. The van der Waals surface area contributed by atoms with Crippen LogP contribution in [0.15, 0.2) is 12.4 Å². The molecule has 1 heterocycles. The van der Waals surface area contributed by atoms with Crippen molar-refractivity contribution >= 4 is 0 Å². The largest absolute Gasteiger partial charge is 0.265 e. The highest BCUT2D eigenvalue weighted by Crippen LogP contribution is 2.45. The summed E-state index contributed by atoms with van der Waals surface area (Å²) in [6, 6.07) is 4.43. The van der Waals surface area contributed by atoms with Crippen molar-refractivity contribution in [3.63, 3.8) is 0 Å². The van der Waals surface area contributed by atoms with E-state index in [1.165, 1.54) is 0 Å². The number of nitriles is 2. The van der Waals surface area contributed by atoms with Gasteiger partial charge < -0.3 is 0 Å². The molecule has 15 heavy (non-hydrogen) atoms. The number of hydrogen-bond donors (Lipinski definition) is 0. The van der Waals surface area contributed by atoms with E-state index in [9.17, 15) is 0 Å². The first-order valence-electron chi connectivity index (χ1n) is 4.98. The molecule has 0 aliphatic heterocycles. The van der Waals surface area contributed by atoms with Crippen molar-refractivity contribution in [2.24, 2.45) is 5.92 Å². The predicted molar refractivity (Wildman–Crippen MR) is 53.5 cm³/mol. The van der Waals surface area contributed by atoms with Gasteiger partial charge in [0.2, 0.25) is 0 Å². The van der Waals surface area contributed by atoms with Crippen LogP contribution in [0.2, 0.25) is 0 Å². The molecule has 0 bridgehead atoms. The molecule has 0 unspecified atom stereocenters. The lowest BCUT2D eigenvalue weighted by atomic mass is 9.67. The summed E-state index contributed by atoms with van der Waals surface area (Å²) < 4.78 is 1.86. The molecule has 1 saturated carbocycles. The maximum Gasteiger partial charge on any atom is 0.0782 e. The monoisotopic (exact) mass is 200 g/mol. The molecule has 0 spiro atoms. The standard InChI is InChI=1S/C11H12N4/c1-9-7-14-15(8-9)11(2-3-12)4-10(5-11)6-13/h7-8,10H,2,4-5H2,1H3/t10-,11-. The smallest absolute Gasteiger partial charge is 0.0782 e. The molecule has 0 N–H and O–H groups in total. The van der Waals surface area contributed by atoms with Gasteiger partial charge in [-0.2, -0.15) is 15.6 Å². The zero-order valence-corrected chi connectivity index (χ0v) is 8.64. The lowest BCUT2D eigenvalue weighted by molar-refractivity contribution is 0.0880. The molecule has 1 aromatic rings. The number of aryl methyl sites for hydroxylation is 1. The second kappa shape index (κ2) is 3.40. The van der Waals surface area contributed by atoms with E-state index >= 15 is 0 Å². The Hall–Kier alpha value is -1.81. The van der Waals surface area contributed by atoms with Crippen molar-refractivity contribution in [3.05, 3.63) is 18.0 Å². The average Bonchev–Trinajstić information content (AvgIpc) is 2.58. The van der Waals surface area contributed by atoms with E-state index in [0.29, 0.717) is 6.42 Å². The van der Waals surface area contributed by atoms with E-state index in [4.69, 9.17) is 10.5 Å². The van der Waals surface area contributed by atoms with Crippen LogP contribution in [0.1, 0.15) is 24.8 Å². The number of hydrogen-bond acceptors (Lipinski definition) is 3. The molecule has 1 aliphatic carbocycles. The zero-order valence-electron chi connectivity index (χ0n) is 8.64. The Morgan fingerprint density at radius 2 is 2.33 bits per heavy atom. The van der Waals surface area contributed by atoms with E-state index in [1.807, 2.05) is 17.8 Å². The third-order valence-electron chi connectivity index (χ3n) is 3.04. The molecule has 1 aliphatic rings. The topological polar surface area (TPSA) is 65.4 Å². The Bertz CT molecular complexity index is 440. The highest BCUT2D eigenvalue weighted by molar-refractivity contribution is 5.12. The van der Waals surface area contributed by atoms with Crippen molar-refractivity contribution in [1.82, 2.24) is 9.78 Å². The zero-order chi connectivity index (χ0) is 10.9. The second-order valence-electron chi connectivity index (χ2n) is 4.26. The van der Waals surface area contributed by atoms with Gasteiger partial charge in [-0.15, -0.1) is 0 Å². The quantitative estimate of drug-likeness (QED) is 0.730. The van der Waals surface area contributed by atoms with E-state index in [-0.39, 0.29) is 11.5 Å². The van der Waals surface area contributed by atoms with Crippen LogP contribution in [0.3, 0.4) is 0 Å². The van der Waals surface area contributed by atoms with Gasteiger partial charge in [-0.1, -0.05) is 0 Å². The highest BCUT2D eigenvalue weighted by Gasteiger charge is 2.46. The van der Waals surface area contributed by atoms with Gasteiger partial charge in [0.05, 0.1) is 36.2 Å². The fraction of sp³-hybridized carbons (Fsp3) is 0.545. The van der Waals surface area contributed by atoms with Crippen LogP contribution in [0.4, 0.5) is 0 Å². The van der Waals surface area contributed by atoms with Crippen molar-refractivity contribution < 1.29 is 0 Å².